The maximum absolute atomic E-state index is 12.5. The van der Waals surface area contributed by atoms with Crippen LogP contribution in [0.4, 0.5) is 0 Å². The Kier molecular flexibility index (Phi) is 11.1. The van der Waals surface area contributed by atoms with E-state index in [0.717, 1.165) is 31.3 Å². The second-order valence-electron chi connectivity index (χ2n) is 9.73. The van der Waals surface area contributed by atoms with E-state index in [0.29, 0.717) is 31.8 Å². The Morgan fingerprint density at radius 3 is 2.47 bits per heavy atom. The molecule has 0 saturated carbocycles. The van der Waals surface area contributed by atoms with Crippen LogP contribution in [-0.2, 0) is 23.8 Å². The molecule has 2 aliphatic rings. The van der Waals surface area contributed by atoms with Crippen LogP contribution >= 0.6 is 0 Å². The van der Waals surface area contributed by atoms with Crippen molar-refractivity contribution >= 4 is 11.8 Å². The van der Waals surface area contributed by atoms with Crippen LogP contribution in [0.2, 0.25) is 0 Å². The van der Waals surface area contributed by atoms with Crippen LogP contribution < -0.4 is 0 Å². The first-order valence-corrected chi connectivity index (χ1v) is 12.2. The highest BCUT2D eigenvalue weighted by Gasteiger charge is 2.29. The summed E-state index contributed by atoms with van der Waals surface area (Å²) in [5.74, 6) is 0.214. The van der Waals surface area contributed by atoms with Gasteiger partial charge in [0.2, 0.25) is 0 Å². The normalized spacial score (nSPS) is 39.1. The lowest BCUT2D eigenvalue weighted by atomic mass is 9.93. The fourth-order valence-corrected chi connectivity index (χ4v) is 4.15. The van der Waals surface area contributed by atoms with Gasteiger partial charge in [0.1, 0.15) is 6.10 Å². The molecule has 0 aliphatic carbocycles. The zero-order chi connectivity index (χ0) is 23.7. The van der Waals surface area contributed by atoms with Crippen molar-refractivity contribution in [1.29, 1.82) is 0 Å². The number of esters is 1. The van der Waals surface area contributed by atoms with Crippen LogP contribution in [0.1, 0.15) is 79.6 Å². The molecule has 0 amide bonds. The quantitative estimate of drug-likeness (QED) is 0.625. The van der Waals surface area contributed by atoms with Crippen molar-refractivity contribution in [3.63, 3.8) is 0 Å². The van der Waals surface area contributed by atoms with Crippen LogP contribution in [0.25, 0.3) is 0 Å². The molecular weight excluding hydrogens is 408 g/mol. The second kappa shape index (κ2) is 13.3. The SMILES string of the molecule is CC1=C\[C@H](CO[C@H]2CC[C@H](O)[C@@H](C)O2)[C@@H](C)OC(=O)CC[C@H](C)CCC[C@@H](C)C(=O)\C=C\1. The summed E-state index contributed by atoms with van der Waals surface area (Å²) in [7, 11) is 0. The molecule has 1 fully saturated rings. The fourth-order valence-electron chi connectivity index (χ4n) is 4.15. The van der Waals surface area contributed by atoms with Crippen LogP contribution in [-0.4, -0.2) is 48.1 Å². The average Bonchev–Trinajstić information content (AvgIpc) is 2.74. The zero-order valence-corrected chi connectivity index (χ0v) is 20.4. The van der Waals surface area contributed by atoms with Crippen LogP contribution in [0.5, 0.6) is 0 Å². The molecule has 0 radical (unpaired) electrons. The van der Waals surface area contributed by atoms with Crippen molar-refractivity contribution in [3.8, 4) is 0 Å². The number of carbonyl (C=O) groups excluding carboxylic acids is 2. The van der Waals surface area contributed by atoms with Gasteiger partial charge in [-0.15, -0.1) is 0 Å². The van der Waals surface area contributed by atoms with Crippen LogP contribution in [0, 0.1) is 17.8 Å². The topological polar surface area (TPSA) is 82.1 Å². The molecule has 1 N–H and O–H groups in total. The summed E-state index contributed by atoms with van der Waals surface area (Å²) in [6, 6.07) is 0. The van der Waals surface area contributed by atoms with Gasteiger partial charge in [-0.05, 0) is 52.0 Å². The van der Waals surface area contributed by atoms with Crippen LogP contribution in [0.3, 0.4) is 0 Å². The highest BCUT2D eigenvalue weighted by molar-refractivity contribution is 5.91. The van der Waals surface area contributed by atoms with E-state index in [1.807, 2.05) is 39.8 Å². The molecule has 32 heavy (non-hydrogen) atoms. The molecule has 6 heteroatoms. The van der Waals surface area contributed by atoms with Crippen molar-refractivity contribution in [1.82, 2.24) is 0 Å². The van der Waals surface area contributed by atoms with Gasteiger partial charge >= 0.3 is 5.97 Å². The van der Waals surface area contributed by atoms with Gasteiger partial charge in [-0.2, -0.15) is 0 Å². The van der Waals surface area contributed by atoms with Crippen molar-refractivity contribution in [2.45, 2.75) is 104 Å². The van der Waals surface area contributed by atoms with Crippen molar-refractivity contribution < 1.29 is 28.9 Å². The van der Waals surface area contributed by atoms with Crippen molar-refractivity contribution in [2.75, 3.05) is 6.61 Å². The molecule has 7 atom stereocenters. The fraction of sp³-hybridized carbons (Fsp3) is 0.769. The number of aliphatic hydroxyl groups excluding tert-OH is 1. The van der Waals surface area contributed by atoms with Crippen molar-refractivity contribution in [3.05, 3.63) is 23.8 Å². The summed E-state index contributed by atoms with van der Waals surface area (Å²) in [6.07, 6.45) is 9.33. The molecule has 1 saturated heterocycles. The lowest BCUT2D eigenvalue weighted by Gasteiger charge is -2.33. The Balaban J connectivity index is 2.11. The third kappa shape index (κ3) is 9.16. The molecule has 2 aliphatic heterocycles. The smallest absolute Gasteiger partial charge is 0.306 e. The minimum atomic E-state index is -0.466. The molecule has 0 aromatic carbocycles. The predicted molar refractivity (Wildman–Crippen MR) is 124 cm³/mol. The molecule has 0 aromatic heterocycles. The second-order valence-corrected chi connectivity index (χ2v) is 9.73. The van der Waals surface area contributed by atoms with Crippen molar-refractivity contribution in [2.24, 2.45) is 17.8 Å². The maximum Gasteiger partial charge on any atom is 0.306 e. The Bertz CT molecular complexity index is 669. The van der Waals surface area contributed by atoms with Gasteiger partial charge in [-0.1, -0.05) is 44.4 Å². The summed E-state index contributed by atoms with van der Waals surface area (Å²) < 4.78 is 17.5. The Morgan fingerprint density at radius 1 is 1.00 bits per heavy atom. The third-order valence-electron chi connectivity index (χ3n) is 6.65. The van der Waals surface area contributed by atoms with Gasteiger partial charge in [0.15, 0.2) is 12.1 Å². The van der Waals surface area contributed by atoms with E-state index in [2.05, 4.69) is 6.92 Å². The van der Waals surface area contributed by atoms with E-state index in [-0.39, 0.29) is 42.1 Å². The zero-order valence-electron chi connectivity index (χ0n) is 20.4. The van der Waals surface area contributed by atoms with Crippen LogP contribution in [0.15, 0.2) is 23.8 Å². The van der Waals surface area contributed by atoms with E-state index in [1.165, 1.54) is 0 Å². The van der Waals surface area contributed by atoms with E-state index in [9.17, 15) is 14.7 Å². The average molecular weight is 451 g/mol. The van der Waals surface area contributed by atoms with Gasteiger partial charge < -0.3 is 19.3 Å². The number of aliphatic hydroxyl groups is 1. The molecule has 2 rings (SSSR count). The van der Waals surface area contributed by atoms with Gasteiger partial charge in [0.25, 0.3) is 0 Å². The number of ketones is 1. The lowest BCUT2D eigenvalue weighted by Crippen LogP contribution is -2.39. The van der Waals surface area contributed by atoms with E-state index in [4.69, 9.17) is 14.2 Å². The molecular formula is C26H42O6. The molecule has 0 bridgehead atoms. The summed E-state index contributed by atoms with van der Waals surface area (Å²) in [6.45, 7) is 10.1. The summed E-state index contributed by atoms with van der Waals surface area (Å²) in [5.41, 5.74) is 0.927. The number of hydrogen-bond acceptors (Lipinski definition) is 6. The van der Waals surface area contributed by atoms with Gasteiger partial charge in [-0.25, -0.2) is 0 Å². The monoisotopic (exact) mass is 450 g/mol. The number of ether oxygens (including phenoxy) is 3. The molecule has 0 spiro atoms. The first-order valence-electron chi connectivity index (χ1n) is 12.2. The molecule has 2 heterocycles. The highest BCUT2D eigenvalue weighted by Crippen LogP contribution is 2.24. The largest absolute Gasteiger partial charge is 0.462 e. The Labute approximate surface area is 193 Å². The minimum absolute atomic E-state index is 0.00275. The maximum atomic E-state index is 12.5. The molecule has 182 valence electrons. The van der Waals surface area contributed by atoms with Gasteiger partial charge in [0, 0.05) is 24.7 Å². The number of carbonyl (C=O) groups is 2. The highest BCUT2D eigenvalue weighted by atomic mass is 16.7. The summed E-state index contributed by atoms with van der Waals surface area (Å²) in [4.78, 5) is 24.9. The number of allylic oxidation sites excluding steroid dienone is 3. The first-order chi connectivity index (χ1) is 15.2. The molecule has 0 aromatic rings. The number of rotatable bonds is 3. The number of hydrogen-bond donors (Lipinski definition) is 1. The summed E-state index contributed by atoms with van der Waals surface area (Å²) >= 11 is 0. The standard InChI is InChI=1S/C26H42O6/c1-17-7-6-8-19(3)23(27)11-9-18(2)15-22(20(4)31-25(29)13-10-17)16-30-26-14-12-24(28)21(5)32-26/h9,11,15,17,19-22,24,26,28H,6-8,10,12-14,16H2,1-5H3/b11-9+,18-15+/t17-,19-,20-,21-,22-,24+,26-/m1/s1. The predicted octanol–water partition coefficient (Wildman–Crippen LogP) is 4.74. The molecule has 0 unspecified atom stereocenters. The van der Waals surface area contributed by atoms with E-state index in [1.54, 1.807) is 6.08 Å². The molecule has 6 nitrogen and oxygen atoms in total. The first kappa shape index (κ1) is 26.7. The van der Waals surface area contributed by atoms with E-state index < -0.39 is 6.10 Å². The van der Waals surface area contributed by atoms with Gasteiger partial charge in [-0.3, -0.25) is 9.59 Å². The lowest BCUT2D eigenvalue weighted by molar-refractivity contribution is -0.222. The van der Waals surface area contributed by atoms with Gasteiger partial charge in [0.05, 0.1) is 18.8 Å². The summed E-state index contributed by atoms with van der Waals surface area (Å²) in [5, 5.41) is 9.85. The third-order valence-corrected chi connectivity index (χ3v) is 6.65. The number of cyclic esters (lactones) is 1. The Morgan fingerprint density at radius 2 is 1.75 bits per heavy atom. The minimum Gasteiger partial charge on any atom is -0.462 e. The Hall–Kier alpha value is -1.50. The van der Waals surface area contributed by atoms with E-state index >= 15 is 0 Å².